The molecule has 0 aromatic heterocycles. The summed E-state index contributed by atoms with van der Waals surface area (Å²) in [5.41, 5.74) is 2.79. The van der Waals surface area contributed by atoms with E-state index in [4.69, 9.17) is 9.47 Å². The quantitative estimate of drug-likeness (QED) is 0.515. The van der Waals surface area contributed by atoms with Crippen LogP contribution in [0.25, 0.3) is 0 Å². The Labute approximate surface area is 170 Å². The minimum Gasteiger partial charge on any atom is -0.497 e. The van der Waals surface area contributed by atoms with Gasteiger partial charge in [0.05, 0.1) is 7.11 Å². The molecule has 1 saturated heterocycles. The van der Waals surface area contributed by atoms with Crippen LogP contribution in [-0.2, 0) is 0 Å². The van der Waals surface area contributed by atoms with Gasteiger partial charge in [-0.3, -0.25) is 4.90 Å². The molecule has 0 bridgehead atoms. The van der Waals surface area contributed by atoms with Crippen LogP contribution < -0.4 is 9.47 Å². The molecule has 2 atom stereocenters. The predicted molar refractivity (Wildman–Crippen MR) is 117 cm³/mol. The minimum absolute atomic E-state index is 0.511. The second kappa shape index (κ2) is 10.5. The van der Waals surface area contributed by atoms with Crippen LogP contribution in [0.1, 0.15) is 62.5 Å². The summed E-state index contributed by atoms with van der Waals surface area (Å²) in [6.45, 7) is 8.84. The molecule has 0 amide bonds. The van der Waals surface area contributed by atoms with Crippen molar-refractivity contribution in [2.24, 2.45) is 0 Å². The Morgan fingerprint density at radius 3 is 1.75 bits per heavy atom. The minimum atomic E-state index is 0.511. The number of rotatable bonds is 10. The average Bonchev–Trinajstić information content (AvgIpc) is 3.26. The molecule has 0 N–H and O–H groups in total. The monoisotopic (exact) mass is 381 g/mol. The van der Waals surface area contributed by atoms with Crippen LogP contribution in [0.5, 0.6) is 11.5 Å². The summed E-state index contributed by atoms with van der Waals surface area (Å²) in [5, 5.41) is 0. The van der Waals surface area contributed by atoms with Crippen LogP contribution in [0, 0.1) is 0 Å². The SMILES string of the molecule is CC[C@H](c1ccc(OCCN2CCCC2)cc1)[C@@H](CC)c1ccc(OC)cc1. The first kappa shape index (κ1) is 20.7. The van der Waals surface area contributed by atoms with Crippen molar-refractivity contribution in [3.63, 3.8) is 0 Å². The number of ether oxygens (including phenoxy) is 2. The number of likely N-dealkylation sites (tertiary alicyclic amines) is 1. The van der Waals surface area contributed by atoms with Gasteiger partial charge in [-0.2, -0.15) is 0 Å². The standard InChI is InChI=1S/C25H35NO2/c1-4-24(20-8-12-22(27-3)13-9-20)25(5-2)21-10-14-23(15-11-21)28-19-18-26-16-6-7-17-26/h8-15,24-25H,4-7,16-19H2,1-3H3/t24-,25+/m0/s1. The molecule has 0 spiro atoms. The molecule has 2 aromatic carbocycles. The summed E-state index contributed by atoms with van der Waals surface area (Å²) in [6.07, 6.45) is 4.92. The van der Waals surface area contributed by atoms with Crippen molar-refractivity contribution in [1.29, 1.82) is 0 Å². The van der Waals surface area contributed by atoms with Crippen LogP contribution in [-0.4, -0.2) is 38.3 Å². The number of methoxy groups -OCH3 is 1. The molecule has 152 valence electrons. The smallest absolute Gasteiger partial charge is 0.119 e. The van der Waals surface area contributed by atoms with E-state index < -0.39 is 0 Å². The highest BCUT2D eigenvalue weighted by atomic mass is 16.5. The third-order valence-electron chi connectivity index (χ3n) is 6.09. The third kappa shape index (κ3) is 5.29. The number of hydrogen-bond acceptors (Lipinski definition) is 3. The number of hydrogen-bond donors (Lipinski definition) is 0. The van der Waals surface area contributed by atoms with Crippen LogP contribution in [0.4, 0.5) is 0 Å². The third-order valence-corrected chi connectivity index (χ3v) is 6.09. The lowest BCUT2D eigenvalue weighted by Crippen LogP contribution is -2.25. The maximum absolute atomic E-state index is 5.98. The Kier molecular flexibility index (Phi) is 7.79. The Hall–Kier alpha value is -2.00. The number of nitrogens with zero attached hydrogens (tertiary/aromatic N) is 1. The Bertz CT molecular complexity index is 689. The van der Waals surface area contributed by atoms with Crippen LogP contribution >= 0.6 is 0 Å². The second-order valence-corrected chi connectivity index (χ2v) is 7.77. The first-order valence-corrected chi connectivity index (χ1v) is 10.8. The fourth-order valence-electron chi connectivity index (χ4n) is 4.47. The largest absolute Gasteiger partial charge is 0.497 e. The van der Waals surface area contributed by atoms with Crippen LogP contribution in [0.2, 0.25) is 0 Å². The molecule has 28 heavy (non-hydrogen) atoms. The Balaban J connectivity index is 1.63. The van der Waals surface area contributed by atoms with Gasteiger partial charge in [-0.05, 0) is 86.0 Å². The first-order chi connectivity index (χ1) is 13.7. The van der Waals surface area contributed by atoms with E-state index in [9.17, 15) is 0 Å². The zero-order valence-corrected chi connectivity index (χ0v) is 17.7. The molecule has 0 aliphatic carbocycles. The van der Waals surface area contributed by atoms with Gasteiger partial charge >= 0.3 is 0 Å². The van der Waals surface area contributed by atoms with Crippen molar-refractivity contribution >= 4 is 0 Å². The normalized spacial score (nSPS) is 16.7. The first-order valence-electron chi connectivity index (χ1n) is 10.8. The highest BCUT2D eigenvalue weighted by Crippen LogP contribution is 2.38. The van der Waals surface area contributed by atoms with Gasteiger partial charge in [-0.1, -0.05) is 38.1 Å². The van der Waals surface area contributed by atoms with E-state index in [-0.39, 0.29) is 0 Å². The molecule has 0 radical (unpaired) electrons. The van der Waals surface area contributed by atoms with Crippen molar-refractivity contribution < 1.29 is 9.47 Å². The highest BCUT2D eigenvalue weighted by molar-refractivity contribution is 5.35. The molecule has 1 aliphatic rings. The van der Waals surface area contributed by atoms with Gasteiger partial charge in [0.2, 0.25) is 0 Å². The van der Waals surface area contributed by atoms with E-state index in [1.165, 1.54) is 37.1 Å². The van der Waals surface area contributed by atoms with Crippen LogP contribution in [0.3, 0.4) is 0 Å². The van der Waals surface area contributed by atoms with E-state index in [2.05, 4.69) is 67.3 Å². The summed E-state index contributed by atoms with van der Waals surface area (Å²) >= 11 is 0. The molecule has 0 unspecified atom stereocenters. The van der Waals surface area contributed by atoms with E-state index in [0.717, 1.165) is 37.5 Å². The second-order valence-electron chi connectivity index (χ2n) is 7.77. The van der Waals surface area contributed by atoms with Crippen molar-refractivity contribution in [3.8, 4) is 11.5 Å². The molecule has 1 aliphatic heterocycles. The molecule has 3 heteroatoms. The summed E-state index contributed by atoms with van der Waals surface area (Å²) < 4.78 is 11.3. The maximum Gasteiger partial charge on any atom is 0.119 e. The van der Waals surface area contributed by atoms with E-state index in [1.54, 1.807) is 7.11 Å². The predicted octanol–water partition coefficient (Wildman–Crippen LogP) is 5.86. The molecule has 1 heterocycles. The van der Waals surface area contributed by atoms with Gasteiger partial charge in [-0.15, -0.1) is 0 Å². The fraction of sp³-hybridized carbons (Fsp3) is 0.520. The fourth-order valence-corrected chi connectivity index (χ4v) is 4.47. The Morgan fingerprint density at radius 1 is 0.786 bits per heavy atom. The van der Waals surface area contributed by atoms with E-state index >= 15 is 0 Å². The van der Waals surface area contributed by atoms with Crippen LogP contribution in [0.15, 0.2) is 48.5 Å². The summed E-state index contributed by atoms with van der Waals surface area (Å²) in [4.78, 5) is 2.49. The van der Waals surface area contributed by atoms with E-state index in [0.29, 0.717) is 11.8 Å². The molecule has 0 saturated carbocycles. The lowest BCUT2D eigenvalue weighted by atomic mass is 9.78. The molecule has 2 aromatic rings. The van der Waals surface area contributed by atoms with Crippen molar-refractivity contribution in [2.75, 3.05) is 33.4 Å². The van der Waals surface area contributed by atoms with Gasteiger partial charge < -0.3 is 9.47 Å². The lowest BCUT2D eigenvalue weighted by Gasteiger charge is -2.26. The van der Waals surface area contributed by atoms with E-state index in [1.807, 2.05) is 0 Å². The zero-order chi connectivity index (χ0) is 19.8. The van der Waals surface area contributed by atoms with Crippen molar-refractivity contribution in [1.82, 2.24) is 4.90 Å². The molecule has 3 nitrogen and oxygen atoms in total. The van der Waals surface area contributed by atoms with Gasteiger partial charge in [0, 0.05) is 6.54 Å². The summed E-state index contributed by atoms with van der Waals surface area (Å²) in [6, 6.07) is 17.4. The molecular formula is C25H35NO2. The molecule has 1 fully saturated rings. The van der Waals surface area contributed by atoms with Gasteiger partial charge in [0.15, 0.2) is 0 Å². The lowest BCUT2D eigenvalue weighted by molar-refractivity contribution is 0.237. The molecule has 3 rings (SSSR count). The average molecular weight is 382 g/mol. The summed E-state index contributed by atoms with van der Waals surface area (Å²) in [7, 11) is 1.72. The molecular weight excluding hydrogens is 346 g/mol. The topological polar surface area (TPSA) is 21.7 Å². The van der Waals surface area contributed by atoms with Crippen molar-refractivity contribution in [2.45, 2.75) is 51.4 Å². The van der Waals surface area contributed by atoms with Crippen molar-refractivity contribution in [3.05, 3.63) is 59.7 Å². The number of benzene rings is 2. The van der Waals surface area contributed by atoms with Gasteiger partial charge in [-0.25, -0.2) is 0 Å². The maximum atomic E-state index is 5.98. The van der Waals surface area contributed by atoms with Gasteiger partial charge in [0.25, 0.3) is 0 Å². The Morgan fingerprint density at radius 2 is 1.29 bits per heavy atom. The van der Waals surface area contributed by atoms with Gasteiger partial charge in [0.1, 0.15) is 18.1 Å². The zero-order valence-electron chi connectivity index (χ0n) is 17.7. The highest BCUT2D eigenvalue weighted by Gasteiger charge is 2.22. The summed E-state index contributed by atoms with van der Waals surface area (Å²) in [5.74, 6) is 2.92.